The molecular weight excluding hydrogens is 166 g/mol. The van der Waals surface area contributed by atoms with Gasteiger partial charge in [0.25, 0.3) is 0 Å². The summed E-state index contributed by atoms with van der Waals surface area (Å²) in [6.45, 7) is 5.55. The molecule has 13 heavy (non-hydrogen) atoms. The Morgan fingerprint density at radius 3 is 3.08 bits per heavy atom. The van der Waals surface area contributed by atoms with Crippen molar-refractivity contribution >= 4 is 0 Å². The third kappa shape index (κ3) is 1.58. The summed E-state index contributed by atoms with van der Waals surface area (Å²) >= 11 is 0. The Bertz CT molecular complexity index is 258. The van der Waals surface area contributed by atoms with Gasteiger partial charge in [-0.3, -0.25) is 4.90 Å². The summed E-state index contributed by atoms with van der Waals surface area (Å²) in [6.07, 6.45) is 3.85. The monoisotopic (exact) mass is 181 g/mol. The van der Waals surface area contributed by atoms with E-state index < -0.39 is 0 Å². The molecule has 0 bridgehead atoms. The van der Waals surface area contributed by atoms with Crippen LogP contribution < -0.4 is 0 Å². The van der Waals surface area contributed by atoms with Gasteiger partial charge in [-0.1, -0.05) is 5.16 Å². The van der Waals surface area contributed by atoms with Crippen molar-refractivity contribution in [3.63, 3.8) is 0 Å². The molecule has 2 heterocycles. The first-order valence-electron chi connectivity index (χ1n) is 4.81. The maximum atomic E-state index is 5.10. The Morgan fingerprint density at radius 2 is 2.46 bits per heavy atom. The fraction of sp³-hybridized carbons (Fsp3) is 0.778. The van der Waals surface area contributed by atoms with Gasteiger partial charge < -0.3 is 4.52 Å². The fourth-order valence-corrected chi connectivity index (χ4v) is 2.00. The molecule has 1 aromatic heterocycles. The molecule has 1 unspecified atom stereocenters. The van der Waals surface area contributed by atoms with Crippen molar-refractivity contribution in [1.29, 1.82) is 0 Å². The molecular formula is C9H15N3O. The average Bonchev–Trinajstić information content (AvgIpc) is 2.74. The summed E-state index contributed by atoms with van der Waals surface area (Å²) < 4.78 is 5.10. The van der Waals surface area contributed by atoms with E-state index in [1.54, 1.807) is 0 Å². The number of likely N-dealkylation sites (tertiary alicyclic amines) is 1. The number of hydrogen-bond acceptors (Lipinski definition) is 4. The van der Waals surface area contributed by atoms with Crippen LogP contribution in [0.1, 0.15) is 38.6 Å². The quantitative estimate of drug-likeness (QED) is 0.695. The summed E-state index contributed by atoms with van der Waals surface area (Å²) in [5.74, 6) is 0.770. The average molecular weight is 181 g/mol. The minimum atomic E-state index is 0.350. The highest BCUT2D eigenvalue weighted by atomic mass is 16.5. The van der Waals surface area contributed by atoms with Gasteiger partial charge in [0, 0.05) is 6.04 Å². The molecule has 1 atom stereocenters. The first-order chi connectivity index (χ1) is 6.29. The molecule has 1 saturated heterocycles. The molecule has 4 heteroatoms. The maximum absolute atomic E-state index is 5.10. The fourth-order valence-electron chi connectivity index (χ4n) is 2.00. The van der Waals surface area contributed by atoms with E-state index in [2.05, 4.69) is 28.9 Å². The van der Waals surface area contributed by atoms with Crippen LogP contribution in [0.2, 0.25) is 0 Å². The molecule has 0 saturated carbocycles. The van der Waals surface area contributed by atoms with Crippen LogP contribution >= 0.6 is 0 Å². The lowest BCUT2D eigenvalue weighted by atomic mass is 10.2. The molecule has 0 amide bonds. The highest BCUT2D eigenvalue weighted by Gasteiger charge is 2.31. The van der Waals surface area contributed by atoms with Crippen molar-refractivity contribution in [2.45, 2.75) is 38.8 Å². The smallest absolute Gasteiger partial charge is 0.243 e. The highest BCUT2D eigenvalue weighted by Crippen LogP contribution is 2.31. The molecule has 4 nitrogen and oxygen atoms in total. The first kappa shape index (κ1) is 8.69. The van der Waals surface area contributed by atoms with Crippen LogP contribution in [0.3, 0.4) is 0 Å². The van der Waals surface area contributed by atoms with Crippen LogP contribution in [0, 0.1) is 0 Å². The van der Waals surface area contributed by atoms with E-state index in [-0.39, 0.29) is 0 Å². The molecule has 0 N–H and O–H groups in total. The predicted molar refractivity (Wildman–Crippen MR) is 48.1 cm³/mol. The standard InChI is InChI=1S/C9H15N3O/c1-7(2)12-5-3-4-8(12)9-10-6-11-13-9/h6-8H,3-5H2,1-2H3. The van der Waals surface area contributed by atoms with Crippen LogP contribution in [-0.4, -0.2) is 27.6 Å². The van der Waals surface area contributed by atoms with E-state index in [1.807, 2.05) is 0 Å². The zero-order chi connectivity index (χ0) is 9.26. The summed E-state index contributed by atoms with van der Waals surface area (Å²) in [7, 11) is 0. The highest BCUT2D eigenvalue weighted by molar-refractivity contribution is 4.93. The normalized spacial score (nSPS) is 24.4. The van der Waals surface area contributed by atoms with Crippen LogP contribution in [-0.2, 0) is 0 Å². The van der Waals surface area contributed by atoms with E-state index in [1.165, 1.54) is 12.7 Å². The van der Waals surface area contributed by atoms with E-state index >= 15 is 0 Å². The molecule has 1 aliphatic heterocycles. The number of nitrogens with zero attached hydrogens (tertiary/aromatic N) is 3. The van der Waals surface area contributed by atoms with Crippen molar-refractivity contribution < 1.29 is 4.52 Å². The van der Waals surface area contributed by atoms with Crippen molar-refractivity contribution in [1.82, 2.24) is 15.0 Å². The minimum Gasteiger partial charge on any atom is -0.338 e. The van der Waals surface area contributed by atoms with E-state index in [0.717, 1.165) is 18.9 Å². The number of hydrogen-bond donors (Lipinski definition) is 0. The van der Waals surface area contributed by atoms with Gasteiger partial charge in [-0.15, -0.1) is 0 Å². The Kier molecular flexibility index (Phi) is 2.31. The van der Waals surface area contributed by atoms with E-state index in [4.69, 9.17) is 4.52 Å². The molecule has 2 rings (SSSR count). The topological polar surface area (TPSA) is 42.2 Å². The SMILES string of the molecule is CC(C)N1CCCC1c1ncno1. The van der Waals surface area contributed by atoms with Crippen LogP contribution in [0.5, 0.6) is 0 Å². The van der Waals surface area contributed by atoms with Gasteiger partial charge in [0.2, 0.25) is 5.89 Å². The second-order valence-electron chi connectivity index (χ2n) is 3.77. The Labute approximate surface area is 77.9 Å². The molecule has 1 aliphatic rings. The minimum absolute atomic E-state index is 0.350. The molecule has 72 valence electrons. The first-order valence-corrected chi connectivity index (χ1v) is 4.81. The van der Waals surface area contributed by atoms with Gasteiger partial charge >= 0.3 is 0 Å². The van der Waals surface area contributed by atoms with Crippen molar-refractivity contribution in [2.75, 3.05) is 6.54 Å². The van der Waals surface area contributed by atoms with Gasteiger partial charge in [0.1, 0.15) is 0 Å². The zero-order valence-electron chi connectivity index (χ0n) is 8.10. The van der Waals surface area contributed by atoms with Gasteiger partial charge in [0.05, 0.1) is 6.04 Å². The molecule has 0 spiro atoms. The second-order valence-corrected chi connectivity index (χ2v) is 3.77. The number of rotatable bonds is 2. The Hall–Kier alpha value is -0.900. The van der Waals surface area contributed by atoms with Gasteiger partial charge in [-0.05, 0) is 33.2 Å². The van der Waals surface area contributed by atoms with E-state index in [0.29, 0.717) is 12.1 Å². The summed E-state index contributed by atoms with van der Waals surface area (Å²) in [4.78, 5) is 6.52. The summed E-state index contributed by atoms with van der Waals surface area (Å²) in [5, 5.41) is 3.65. The Morgan fingerprint density at radius 1 is 1.62 bits per heavy atom. The van der Waals surface area contributed by atoms with Crippen molar-refractivity contribution in [3.05, 3.63) is 12.2 Å². The van der Waals surface area contributed by atoms with Crippen LogP contribution in [0.4, 0.5) is 0 Å². The van der Waals surface area contributed by atoms with Gasteiger partial charge in [-0.25, -0.2) is 0 Å². The largest absolute Gasteiger partial charge is 0.338 e. The van der Waals surface area contributed by atoms with Crippen LogP contribution in [0.15, 0.2) is 10.9 Å². The van der Waals surface area contributed by atoms with Gasteiger partial charge in [0.15, 0.2) is 6.33 Å². The summed E-state index contributed by atoms with van der Waals surface area (Å²) in [6, 6.07) is 0.905. The van der Waals surface area contributed by atoms with Crippen molar-refractivity contribution in [3.8, 4) is 0 Å². The maximum Gasteiger partial charge on any atom is 0.243 e. The zero-order valence-corrected chi connectivity index (χ0v) is 8.10. The second kappa shape index (κ2) is 3.46. The molecule has 0 aromatic carbocycles. The Balaban J connectivity index is 2.14. The van der Waals surface area contributed by atoms with Crippen LogP contribution in [0.25, 0.3) is 0 Å². The lowest BCUT2D eigenvalue weighted by Gasteiger charge is -2.25. The lowest BCUT2D eigenvalue weighted by Crippen LogP contribution is -2.30. The predicted octanol–water partition coefficient (Wildman–Crippen LogP) is 1.61. The molecule has 1 aromatic rings. The molecule has 1 fully saturated rings. The summed E-state index contributed by atoms with van der Waals surface area (Å²) in [5.41, 5.74) is 0. The third-order valence-corrected chi connectivity index (χ3v) is 2.62. The van der Waals surface area contributed by atoms with E-state index in [9.17, 15) is 0 Å². The third-order valence-electron chi connectivity index (χ3n) is 2.62. The lowest BCUT2D eigenvalue weighted by molar-refractivity contribution is 0.170. The van der Waals surface area contributed by atoms with Crippen molar-refractivity contribution in [2.24, 2.45) is 0 Å². The van der Waals surface area contributed by atoms with Gasteiger partial charge in [-0.2, -0.15) is 4.98 Å². The molecule has 0 aliphatic carbocycles. The molecule has 0 radical (unpaired) electrons. The number of aromatic nitrogens is 2.